The Morgan fingerprint density at radius 3 is 2.71 bits per heavy atom. The Hall–Kier alpha value is -3.63. The molecular weight excluding hydrogens is 467 g/mol. The van der Waals surface area contributed by atoms with E-state index in [1.807, 2.05) is 59.6 Å². The molecule has 2 N–H and O–H groups in total. The number of thiophene rings is 1. The number of fused-ring (bicyclic) bond motifs is 2. The fourth-order valence-corrected chi connectivity index (χ4v) is 5.91. The number of piperidine rings is 1. The maximum atomic E-state index is 15.0. The summed E-state index contributed by atoms with van der Waals surface area (Å²) in [6.07, 6.45) is 1.32. The number of nitrogens with one attached hydrogen (secondary N) is 2. The maximum absolute atomic E-state index is 15.0. The van der Waals surface area contributed by atoms with Crippen LogP contribution in [0.2, 0.25) is 0 Å². The molecule has 10 heteroatoms. The first-order valence-electron chi connectivity index (χ1n) is 11.4. The summed E-state index contributed by atoms with van der Waals surface area (Å²) in [6.45, 7) is 0.747. The molecule has 1 fully saturated rings. The van der Waals surface area contributed by atoms with E-state index in [4.69, 9.17) is 9.97 Å². The minimum Gasteiger partial charge on any atom is -0.360 e. The van der Waals surface area contributed by atoms with Crippen molar-refractivity contribution in [1.82, 2.24) is 25.2 Å². The molecule has 2 aliphatic heterocycles. The highest BCUT2D eigenvalue weighted by Crippen LogP contribution is 2.38. The molecule has 0 radical (unpaired) electrons. The molecule has 2 aliphatic rings. The van der Waals surface area contributed by atoms with Gasteiger partial charge in [0.25, 0.3) is 11.8 Å². The fourth-order valence-electron chi connectivity index (χ4n) is 5.02. The molecule has 1 saturated heterocycles. The van der Waals surface area contributed by atoms with Gasteiger partial charge in [-0.05, 0) is 38.0 Å². The van der Waals surface area contributed by atoms with Crippen molar-refractivity contribution < 1.29 is 14.0 Å². The molecule has 5 heterocycles. The van der Waals surface area contributed by atoms with E-state index in [1.54, 1.807) is 6.20 Å². The van der Waals surface area contributed by atoms with Crippen molar-refractivity contribution in [2.24, 2.45) is 0 Å². The third-order valence-electron chi connectivity index (χ3n) is 6.76. The lowest BCUT2D eigenvalue weighted by atomic mass is 9.98. The summed E-state index contributed by atoms with van der Waals surface area (Å²) in [4.78, 5) is 42.5. The SMILES string of the molecule is CN(C)C1CCN(c2nc(C3=C(c4c[nH]c5ccsc45)C(=O)NC3=O)c3ccccc3n2)CC1F. The van der Waals surface area contributed by atoms with E-state index in [0.717, 1.165) is 10.2 Å². The van der Waals surface area contributed by atoms with Crippen molar-refractivity contribution in [1.29, 1.82) is 0 Å². The van der Waals surface area contributed by atoms with Crippen LogP contribution in [0.15, 0.2) is 41.9 Å². The molecule has 6 rings (SSSR count). The van der Waals surface area contributed by atoms with Crippen LogP contribution < -0.4 is 10.2 Å². The van der Waals surface area contributed by atoms with Crippen LogP contribution in [0.1, 0.15) is 17.7 Å². The number of anilines is 1. The van der Waals surface area contributed by atoms with Gasteiger partial charge in [0, 0.05) is 29.7 Å². The van der Waals surface area contributed by atoms with Crippen LogP contribution in [0.25, 0.3) is 32.3 Å². The van der Waals surface area contributed by atoms with Gasteiger partial charge in [-0.3, -0.25) is 14.9 Å². The topological polar surface area (TPSA) is 94.2 Å². The number of hydrogen-bond donors (Lipinski definition) is 2. The number of H-pyrrole nitrogens is 1. The number of alkyl halides is 1. The van der Waals surface area contributed by atoms with Crippen LogP contribution in [-0.2, 0) is 9.59 Å². The van der Waals surface area contributed by atoms with Gasteiger partial charge in [0.15, 0.2) is 0 Å². The van der Waals surface area contributed by atoms with E-state index in [-0.39, 0.29) is 23.7 Å². The Morgan fingerprint density at radius 1 is 1.11 bits per heavy atom. The smallest absolute Gasteiger partial charge is 0.261 e. The first-order chi connectivity index (χ1) is 16.9. The zero-order valence-electron chi connectivity index (χ0n) is 19.2. The summed E-state index contributed by atoms with van der Waals surface area (Å²) in [5.41, 5.74) is 3.06. The summed E-state index contributed by atoms with van der Waals surface area (Å²) in [7, 11) is 3.76. The normalized spacial score (nSPS) is 21.1. The standard InChI is InChI=1S/C25H23FN6O2S/c1-31(2)18-7-9-32(12-15(18)26)25-28-16-6-4-3-5-13(16)21(29-25)20-19(23(33)30-24(20)34)14-11-27-17-8-10-35-22(14)17/h3-6,8,10-11,15,18,27H,7,9,12H2,1-2H3,(H,30,33,34). The Balaban J connectivity index is 1.53. The van der Waals surface area contributed by atoms with Gasteiger partial charge < -0.3 is 14.8 Å². The van der Waals surface area contributed by atoms with Gasteiger partial charge in [0.05, 0.1) is 39.1 Å². The minimum atomic E-state index is -1.06. The maximum Gasteiger partial charge on any atom is 0.261 e. The Kier molecular flexibility index (Phi) is 5.15. The molecule has 0 bridgehead atoms. The average Bonchev–Trinajstić information content (AvgIpc) is 3.52. The van der Waals surface area contributed by atoms with Crippen molar-refractivity contribution in [2.75, 3.05) is 32.1 Å². The van der Waals surface area contributed by atoms with Crippen molar-refractivity contribution >= 4 is 61.4 Å². The van der Waals surface area contributed by atoms with Crippen LogP contribution in [-0.4, -0.2) is 71.1 Å². The van der Waals surface area contributed by atoms with Crippen LogP contribution in [0, 0.1) is 0 Å². The van der Waals surface area contributed by atoms with Gasteiger partial charge in [-0.25, -0.2) is 14.4 Å². The second-order valence-corrected chi connectivity index (χ2v) is 9.99. The third kappa shape index (κ3) is 3.52. The van der Waals surface area contributed by atoms with Gasteiger partial charge >= 0.3 is 0 Å². The zero-order chi connectivity index (χ0) is 24.3. The molecule has 178 valence electrons. The molecule has 8 nitrogen and oxygen atoms in total. The molecule has 2 atom stereocenters. The second-order valence-electron chi connectivity index (χ2n) is 9.07. The number of aromatic amines is 1. The minimum absolute atomic E-state index is 0.158. The number of imide groups is 1. The molecule has 1 aromatic carbocycles. The molecule has 35 heavy (non-hydrogen) atoms. The summed E-state index contributed by atoms with van der Waals surface area (Å²) in [5.74, 6) is -0.604. The van der Waals surface area contributed by atoms with Crippen molar-refractivity contribution in [3.05, 3.63) is 53.2 Å². The number of carbonyl (C=O) groups is 2. The van der Waals surface area contributed by atoms with Gasteiger partial charge in [0.2, 0.25) is 5.95 Å². The molecule has 0 saturated carbocycles. The van der Waals surface area contributed by atoms with Gasteiger partial charge in [0.1, 0.15) is 6.17 Å². The first kappa shape index (κ1) is 21.9. The van der Waals surface area contributed by atoms with E-state index in [9.17, 15) is 14.0 Å². The fraction of sp³-hybridized carbons (Fsp3) is 0.280. The first-order valence-corrected chi connectivity index (χ1v) is 12.3. The largest absolute Gasteiger partial charge is 0.360 e. The third-order valence-corrected chi connectivity index (χ3v) is 7.71. The lowest BCUT2D eigenvalue weighted by Gasteiger charge is -2.37. The van der Waals surface area contributed by atoms with Crippen molar-refractivity contribution in [3.8, 4) is 0 Å². The van der Waals surface area contributed by atoms with Crippen LogP contribution >= 0.6 is 11.3 Å². The highest BCUT2D eigenvalue weighted by atomic mass is 32.1. The quantitative estimate of drug-likeness (QED) is 0.427. The molecule has 2 amide bonds. The molecule has 0 spiro atoms. The number of nitrogens with zero attached hydrogens (tertiary/aromatic N) is 4. The molecule has 2 unspecified atom stereocenters. The highest BCUT2D eigenvalue weighted by molar-refractivity contribution is 7.17. The number of carbonyl (C=O) groups excluding carboxylic acids is 2. The lowest BCUT2D eigenvalue weighted by molar-refractivity contribution is -0.122. The summed E-state index contributed by atoms with van der Waals surface area (Å²) in [6, 6.07) is 9.14. The molecular formula is C25H23FN6O2S. The Morgan fingerprint density at radius 2 is 1.91 bits per heavy atom. The van der Waals surface area contributed by atoms with Crippen molar-refractivity contribution in [3.63, 3.8) is 0 Å². The van der Waals surface area contributed by atoms with Crippen LogP contribution in [0.4, 0.5) is 10.3 Å². The number of rotatable bonds is 4. The predicted octanol–water partition coefficient (Wildman–Crippen LogP) is 3.22. The Bertz CT molecular complexity index is 1520. The number of aromatic nitrogens is 3. The number of para-hydroxylation sites is 1. The van der Waals surface area contributed by atoms with E-state index < -0.39 is 18.0 Å². The van der Waals surface area contributed by atoms with Crippen molar-refractivity contribution in [2.45, 2.75) is 18.6 Å². The molecule has 0 aliphatic carbocycles. The van der Waals surface area contributed by atoms with Crippen LogP contribution in [0.5, 0.6) is 0 Å². The molecule has 4 aromatic rings. The second kappa shape index (κ2) is 8.24. The summed E-state index contributed by atoms with van der Waals surface area (Å²) >= 11 is 1.50. The van der Waals surface area contributed by atoms with E-state index in [0.29, 0.717) is 41.1 Å². The number of amides is 2. The van der Waals surface area contributed by atoms with Gasteiger partial charge in [-0.2, -0.15) is 0 Å². The van der Waals surface area contributed by atoms with E-state index in [2.05, 4.69) is 10.3 Å². The molecule has 3 aromatic heterocycles. The summed E-state index contributed by atoms with van der Waals surface area (Å²) in [5, 5.41) is 5.04. The van der Waals surface area contributed by atoms with Gasteiger partial charge in [-0.15, -0.1) is 11.3 Å². The van der Waals surface area contributed by atoms with E-state index in [1.165, 1.54) is 11.3 Å². The monoisotopic (exact) mass is 490 g/mol. The average molecular weight is 491 g/mol. The van der Waals surface area contributed by atoms with Gasteiger partial charge in [-0.1, -0.05) is 18.2 Å². The number of benzene rings is 1. The summed E-state index contributed by atoms with van der Waals surface area (Å²) < 4.78 is 15.9. The zero-order valence-corrected chi connectivity index (χ0v) is 20.0. The van der Waals surface area contributed by atoms with Crippen LogP contribution in [0.3, 0.4) is 0 Å². The number of hydrogen-bond acceptors (Lipinski definition) is 7. The Labute approximate surface area is 204 Å². The highest BCUT2D eigenvalue weighted by Gasteiger charge is 2.37. The predicted molar refractivity (Wildman–Crippen MR) is 135 cm³/mol. The van der Waals surface area contributed by atoms with E-state index >= 15 is 0 Å². The lowest BCUT2D eigenvalue weighted by Crippen LogP contribution is -2.50. The number of halogens is 1.